The van der Waals surface area contributed by atoms with Crippen LogP contribution in [0.5, 0.6) is 5.75 Å². The van der Waals surface area contributed by atoms with E-state index in [-0.39, 0.29) is 5.41 Å². The SMILES string of the molecule is CC(C)(C)c1cc(NC(=O)Nc2ccc(OC3=CC=NC4=NC(=O)C=NC34)c3ccccc23)n(-c2ccccc2)n1. The normalized spacial score (nSPS) is 16.2. The summed E-state index contributed by atoms with van der Waals surface area (Å²) in [5.41, 5.74) is 2.09. The van der Waals surface area contributed by atoms with E-state index in [1.54, 1.807) is 22.9 Å². The van der Waals surface area contributed by atoms with Crippen LogP contribution in [0.25, 0.3) is 16.5 Å². The van der Waals surface area contributed by atoms with Gasteiger partial charge in [-0.15, -0.1) is 0 Å². The second-order valence-electron chi connectivity index (χ2n) is 10.6. The molecule has 2 aliphatic heterocycles. The van der Waals surface area contributed by atoms with Crippen molar-refractivity contribution in [3.63, 3.8) is 0 Å². The second kappa shape index (κ2) is 10.3. The number of ether oxygens (including phenoxy) is 1. The third-order valence-corrected chi connectivity index (χ3v) is 6.60. The van der Waals surface area contributed by atoms with Crippen molar-refractivity contribution in [2.45, 2.75) is 32.2 Å². The molecule has 3 heterocycles. The van der Waals surface area contributed by atoms with Crippen LogP contribution in [0.15, 0.2) is 99.6 Å². The first kappa shape index (κ1) is 25.9. The molecule has 0 radical (unpaired) electrons. The molecule has 10 heteroatoms. The van der Waals surface area contributed by atoms with Gasteiger partial charge in [-0.2, -0.15) is 10.1 Å². The predicted molar refractivity (Wildman–Crippen MR) is 161 cm³/mol. The number of aromatic nitrogens is 2. The van der Waals surface area contributed by atoms with E-state index in [4.69, 9.17) is 9.84 Å². The predicted octanol–water partition coefficient (Wildman–Crippen LogP) is 5.69. The summed E-state index contributed by atoms with van der Waals surface area (Å²) in [6.45, 7) is 6.23. The van der Waals surface area contributed by atoms with E-state index in [9.17, 15) is 9.59 Å². The number of rotatable bonds is 5. The Labute approximate surface area is 236 Å². The highest BCUT2D eigenvalue weighted by molar-refractivity contribution is 6.32. The molecule has 2 aliphatic rings. The number of nitrogens with one attached hydrogen (secondary N) is 2. The number of fused-ring (bicyclic) bond motifs is 2. The quantitative estimate of drug-likeness (QED) is 0.334. The maximum Gasteiger partial charge on any atom is 0.324 e. The van der Waals surface area contributed by atoms with Gasteiger partial charge in [0.15, 0.2) is 11.9 Å². The topological polar surface area (TPSA) is 122 Å². The Balaban J connectivity index is 1.27. The third kappa shape index (κ3) is 5.27. The Morgan fingerprint density at radius 1 is 0.951 bits per heavy atom. The average molecular weight is 546 g/mol. The first-order valence-corrected chi connectivity index (χ1v) is 13.1. The lowest BCUT2D eigenvalue weighted by Gasteiger charge is -2.21. The van der Waals surface area contributed by atoms with Crippen molar-refractivity contribution in [3.05, 3.63) is 90.3 Å². The zero-order chi connectivity index (χ0) is 28.6. The summed E-state index contributed by atoms with van der Waals surface area (Å²) in [4.78, 5) is 37.2. The molecule has 0 aliphatic carbocycles. The molecule has 0 spiro atoms. The molecular weight excluding hydrogens is 518 g/mol. The monoisotopic (exact) mass is 545 g/mol. The zero-order valence-corrected chi connectivity index (χ0v) is 22.7. The van der Waals surface area contributed by atoms with E-state index in [1.807, 2.05) is 60.7 Å². The van der Waals surface area contributed by atoms with E-state index >= 15 is 0 Å². The second-order valence-corrected chi connectivity index (χ2v) is 10.6. The lowest BCUT2D eigenvalue weighted by Crippen LogP contribution is -2.30. The van der Waals surface area contributed by atoms with Gasteiger partial charge >= 0.3 is 6.03 Å². The highest BCUT2D eigenvalue weighted by Crippen LogP contribution is 2.34. The number of benzene rings is 3. The molecule has 6 rings (SSSR count). The molecule has 3 amide bonds. The van der Waals surface area contributed by atoms with E-state index in [0.29, 0.717) is 28.8 Å². The molecule has 3 aromatic carbocycles. The average Bonchev–Trinajstić information content (AvgIpc) is 3.39. The van der Waals surface area contributed by atoms with Crippen LogP contribution in [0, 0.1) is 0 Å². The maximum absolute atomic E-state index is 13.3. The van der Waals surface area contributed by atoms with E-state index in [0.717, 1.165) is 22.2 Å². The fourth-order valence-corrected chi connectivity index (χ4v) is 4.55. The van der Waals surface area contributed by atoms with Crippen LogP contribution in [-0.2, 0) is 10.2 Å². The number of para-hydroxylation sites is 1. The van der Waals surface area contributed by atoms with Crippen LogP contribution >= 0.6 is 0 Å². The Bertz CT molecular complexity index is 1790. The summed E-state index contributed by atoms with van der Waals surface area (Å²) in [6.07, 6.45) is 4.41. The van der Waals surface area contributed by atoms with E-state index in [2.05, 4.69) is 46.4 Å². The van der Waals surface area contributed by atoms with Crippen LogP contribution in [-0.4, -0.2) is 46.0 Å². The van der Waals surface area contributed by atoms with Crippen molar-refractivity contribution in [1.82, 2.24) is 9.78 Å². The van der Waals surface area contributed by atoms with Crippen LogP contribution in [0.2, 0.25) is 0 Å². The van der Waals surface area contributed by atoms with Crippen LogP contribution in [0.3, 0.4) is 0 Å². The highest BCUT2D eigenvalue weighted by Gasteiger charge is 2.28. The highest BCUT2D eigenvalue weighted by atomic mass is 16.5. The van der Waals surface area contributed by atoms with E-state index < -0.39 is 18.0 Å². The lowest BCUT2D eigenvalue weighted by atomic mass is 9.92. The summed E-state index contributed by atoms with van der Waals surface area (Å²) in [5.74, 6) is 1.46. The molecule has 1 unspecified atom stereocenters. The molecule has 41 heavy (non-hydrogen) atoms. The smallest absolute Gasteiger partial charge is 0.324 e. The van der Waals surface area contributed by atoms with Crippen molar-refractivity contribution in [2.24, 2.45) is 15.0 Å². The number of urea groups is 1. The number of dihydropyridines is 1. The summed E-state index contributed by atoms with van der Waals surface area (Å²) < 4.78 is 7.98. The molecule has 204 valence electrons. The van der Waals surface area contributed by atoms with Gasteiger partial charge in [0.05, 0.1) is 23.3 Å². The Morgan fingerprint density at radius 2 is 1.71 bits per heavy atom. The van der Waals surface area contributed by atoms with Crippen molar-refractivity contribution < 1.29 is 14.3 Å². The number of anilines is 2. The zero-order valence-electron chi connectivity index (χ0n) is 22.7. The Kier molecular flexibility index (Phi) is 6.50. The first-order valence-electron chi connectivity index (χ1n) is 13.1. The standard InChI is InChI=1S/C31H27N7O3/c1-31(2,3)25-17-26(38(37-25)19-9-5-4-6-10-19)35-30(40)34-22-13-14-23(21-12-8-7-11-20(21)22)41-24-15-16-32-29-28(24)33-18-27(39)36-29/h4-18,28H,1-3H3,(H2,34,35,40). The minimum atomic E-state index is -0.590. The maximum atomic E-state index is 13.3. The molecule has 2 N–H and O–H groups in total. The number of aliphatic imine (C=N–C) groups is 3. The van der Waals surface area contributed by atoms with Gasteiger partial charge in [0.1, 0.15) is 17.3 Å². The Morgan fingerprint density at radius 3 is 2.49 bits per heavy atom. The molecule has 0 fully saturated rings. The number of amides is 3. The van der Waals surface area contributed by atoms with Crippen LogP contribution in [0.1, 0.15) is 26.5 Å². The van der Waals surface area contributed by atoms with Gasteiger partial charge in [0.25, 0.3) is 5.91 Å². The summed E-state index contributed by atoms with van der Waals surface area (Å²) in [5, 5.41) is 12.3. The van der Waals surface area contributed by atoms with Gasteiger partial charge in [-0.25, -0.2) is 14.5 Å². The number of hydrogen-bond donors (Lipinski definition) is 2. The van der Waals surface area contributed by atoms with Gasteiger partial charge in [-0.1, -0.05) is 63.2 Å². The van der Waals surface area contributed by atoms with Crippen LogP contribution < -0.4 is 15.4 Å². The van der Waals surface area contributed by atoms with Gasteiger partial charge in [-0.05, 0) is 30.3 Å². The first-order chi connectivity index (χ1) is 19.8. The van der Waals surface area contributed by atoms with Gasteiger partial charge < -0.3 is 10.1 Å². The number of amidine groups is 1. The third-order valence-electron chi connectivity index (χ3n) is 6.60. The number of nitrogens with zero attached hydrogens (tertiary/aromatic N) is 5. The van der Waals surface area contributed by atoms with E-state index in [1.165, 1.54) is 12.4 Å². The molecule has 1 aromatic heterocycles. The summed E-state index contributed by atoms with van der Waals surface area (Å²) >= 11 is 0. The fourth-order valence-electron chi connectivity index (χ4n) is 4.55. The minimum Gasteiger partial charge on any atom is -0.458 e. The molecule has 1 atom stereocenters. The van der Waals surface area contributed by atoms with Gasteiger partial charge in [0, 0.05) is 28.5 Å². The number of carbonyl (C=O) groups is 2. The molecule has 10 nitrogen and oxygen atoms in total. The molecule has 0 saturated carbocycles. The van der Waals surface area contributed by atoms with Gasteiger partial charge in [-0.3, -0.25) is 15.1 Å². The lowest BCUT2D eigenvalue weighted by molar-refractivity contribution is -0.111. The molecule has 0 bridgehead atoms. The number of allylic oxidation sites excluding steroid dienone is 1. The van der Waals surface area contributed by atoms with Crippen LogP contribution in [0.4, 0.5) is 16.3 Å². The van der Waals surface area contributed by atoms with Crippen molar-refractivity contribution in [1.29, 1.82) is 0 Å². The van der Waals surface area contributed by atoms with Gasteiger partial charge in [0.2, 0.25) is 0 Å². The number of hydrogen-bond acceptors (Lipinski definition) is 6. The molecule has 4 aromatic rings. The van der Waals surface area contributed by atoms with Crippen molar-refractivity contribution in [2.75, 3.05) is 10.6 Å². The summed E-state index contributed by atoms with van der Waals surface area (Å²) in [6, 6.07) is 21.7. The Hall–Kier alpha value is -5.38. The number of carbonyl (C=O) groups excluding carboxylic acids is 2. The molecular formula is C31H27N7O3. The fraction of sp³-hybridized carbons (Fsp3) is 0.161. The molecule has 0 saturated heterocycles. The van der Waals surface area contributed by atoms with Crippen molar-refractivity contribution >= 4 is 52.5 Å². The van der Waals surface area contributed by atoms with Crippen molar-refractivity contribution in [3.8, 4) is 11.4 Å². The minimum absolute atomic E-state index is 0.205. The summed E-state index contributed by atoms with van der Waals surface area (Å²) in [7, 11) is 0. The largest absolute Gasteiger partial charge is 0.458 e.